The van der Waals surface area contributed by atoms with E-state index in [4.69, 9.17) is 9.66 Å². The van der Waals surface area contributed by atoms with Crippen molar-refractivity contribution in [3.63, 3.8) is 0 Å². The number of rotatable bonds is 4. The van der Waals surface area contributed by atoms with E-state index in [0.29, 0.717) is 30.5 Å². The SMILES string of the molecule is CCn1nc(-c2nc([C@@H]3CC34CCN(S(N)(=O)=O)CC4)no2)cc1C. The number of hydrogen-bond acceptors (Lipinski definition) is 6. The lowest BCUT2D eigenvalue weighted by atomic mass is 9.92. The summed E-state index contributed by atoms with van der Waals surface area (Å²) in [7, 11) is -3.59. The van der Waals surface area contributed by atoms with Gasteiger partial charge in [0.1, 0.15) is 0 Å². The predicted molar refractivity (Wildman–Crippen MR) is 89.6 cm³/mol. The molecule has 1 aliphatic carbocycles. The average molecular weight is 366 g/mol. The second-order valence-electron chi connectivity index (χ2n) is 7.01. The maximum absolute atomic E-state index is 11.4. The van der Waals surface area contributed by atoms with Crippen molar-refractivity contribution in [3.05, 3.63) is 17.6 Å². The van der Waals surface area contributed by atoms with Crippen LogP contribution in [-0.2, 0) is 16.8 Å². The van der Waals surface area contributed by atoms with Gasteiger partial charge in [0.15, 0.2) is 11.5 Å². The van der Waals surface area contributed by atoms with E-state index in [2.05, 4.69) is 15.2 Å². The summed E-state index contributed by atoms with van der Waals surface area (Å²) >= 11 is 0. The fourth-order valence-corrected chi connectivity index (χ4v) is 4.56. The van der Waals surface area contributed by atoms with Gasteiger partial charge in [0.2, 0.25) is 0 Å². The van der Waals surface area contributed by atoms with Gasteiger partial charge in [0.25, 0.3) is 16.1 Å². The molecule has 0 unspecified atom stereocenters. The summed E-state index contributed by atoms with van der Waals surface area (Å²) in [5.74, 6) is 1.36. The van der Waals surface area contributed by atoms with Gasteiger partial charge in [0.05, 0.1) is 0 Å². The Balaban J connectivity index is 1.47. The Bertz CT molecular complexity index is 894. The van der Waals surface area contributed by atoms with Crippen LogP contribution in [0.4, 0.5) is 0 Å². The molecule has 1 saturated heterocycles. The van der Waals surface area contributed by atoms with Crippen LogP contribution in [0.5, 0.6) is 0 Å². The second kappa shape index (κ2) is 5.61. The first-order chi connectivity index (χ1) is 11.8. The summed E-state index contributed by atoms with van der Waals surface area (Å²) in [6.07, 6.45) is 2.52. The first-order valence-corrected chi connectivity index (χ1v) is 9.99. The molecule has 1 aliphatic heterocycles. The quantitative estimate of drug-likeness (QED) is 0.863. The summed E-state index contributed by atoms with van der Waals surface area (Å²) in [6, 6.07) is 1.94. The monoisotopic (exact) mass is 366 g/mol. The Morgan fingerprint density at radius 3 is 2.72 bits per heavy atom. The van der Waals surface area contributed by atoms with Crippen molar-refractivity contribution in [2.24, 2.45) is 10.6 Å². The minimum absolute atomic E-state index is 0.0844. The molecule has 0 amide bonds. The third kappa shape index (κ3) is 2.87. The number of nitrogens with two attached hydrogens (primary N) is 1. The van der Waals surface area contributed by atoms with Crippen LogP contribution in [0.25, 0.3) is 11.6 Å². The first kappa shape index (κ1) is 16.7. The summed E-state index contributed by atoms with van der Waals surface area (Å²) < 4.78 is 31.5. The Labute approximate surface area is 146 Å². The van der Waals surface area contributed by atoms with Crippen LogP contribution in [0.1, 0.15) is 43.6 Å². The van der Waals surface area contributed by atoms with Crippen molar-refractivity contribution in [2.75, 3.05) is 13.1 Å². The zero-order valence-corrected chi connectivity index (χ0v) is 15.2. The van der Waals surface area contributed by atoms with E-state index in [1.807, 2.05) is 24.6 Å². The molecular formula is C15H22N6O3S. The number of piperidine rings is 1. The van der Waals surface area contributed by atoms with E-state index >= 15 is 0 Å². The molecule has 3 heterocycles. The fourth-order valence-electron chi connectivity index (χ4n) is 3.87. The minimum atomic E-state index is -3.59. The highest BCUT2D eigenvalue weighted by atomic mass is 32.2. The molecule has 2 N–H and O–H groups in total. The maximum Gasteiger partial charge on any atom is 0.278 e. The van der Waals surface area contributed by atoms with Crippen molar-refractivity contribution in [1.29, 1.82) is 0 Å². The van der Waals surface area contributed by atoms with Crippen LogP contribution < -0.4 is 5.14 Å². The molecule has 4 rings (SSSR count). The molecule has 2 aliphatic rings. The lowest BCUT2D eigenvalue weighted by Crippen LogP contribution is -2.43. The highest BCUT2D eigenvalue weighted by Crippen LogP contribution is 2.64. The summed E-state index contributed by atoms with van der Waals surface area (Å²) in [5, 5.41) is 13.8. The van der Waals surface area contributed by atoms with Crippen molar-refractivity contribution in [1.82, 2.24) is 24.2 Å². The largest absolute Gasteiger partial charge is 0.332 e. The molecule has 9 nitrogen and oxygen atoms in total. The molecule has 2 fully saturated rings. The predicted octanol–water partition coefficient (Wildman–Crippen LogP) is 1.03. The zero-order valence-electron chi connectivity index (χ0n) is 14.3. The Morgan fingerprint density at radius 1 is 1.40 bits per heavy atom. The van der Waals surface area contributed by atoms with Gasteiger partial charge < -0.3 is 4.52 Å². The summed E-state index contributed by atoms with van der Waals surface area (Å²) in [4.78, 5) is 4.54. The molecule has 0 aromatic carbocycles. The average Bonchev–Trinajstić information content (AvgIpc) is 2.94. The van der Waals surface area contributed by atoms with Gasteiger partial charge in [0, 0.05) is 31.2 Å². The maximum atomic E-state index is 11.4. The van der Waals surface area contributed by atoms with E-state index in [1.165, 1.54) is 4.31 Å². The van der Waals surface area contributed by atoms with Gasteiger partial charge >= 0.3 is 0 Å². The number of aryl methyl sites for hydroxylation is 2. The van der Waals surface area contributed by atoms with Gasteiger partial charge in [-0.1, -0.05) is 5.16 Å². The van der Waals surface area contributed by atoms with Gasteiger partial charge in [-0.05, 0) is 44.6 Å². The van der Waals surface area contributed by atoms with E-state index in [0.717, 1.165) is 31.5 Å². The van der Waals surface area contributed by atoms with E-state index < -0.39 is 10.2 Å². The van der Waals surface area contributed by atoms with Gasteiger partial charge in [-0.15, -0.1) is 0 Å². The summed E-state index contributed by atoms with van der Waals surface area (Å²) in [5.41, 5.74) is 1.83. The Kier molecular flexibility index (Phi) is 3.74. The molecule has 2 aromatic rings. The standard InChI is InChI=1S/C15H22N6O3S/c1-3-21-10(2)8-12(18-21)14-17-13(19-24-14)11-9-15(11)4-6-20(7-5-15)25(16,22)23/h8,11H,3-7,9H2,1-2H3,(H2,16,22,23)/t11-/m0/s1. The molecule has 10 heteroatoms. The smallest absolute Gasteiger partial charge is 0.278 e. The van der Waals surface area contributed by atoms with Crippen LogP contribution in [0.2, 0.25) is 0 Å². The number of nitrogens with zero attached hydrogens (tertiary/aromatic N) is 5. The number of aromatic nitrogens is 4. The zero-order chi connectivity index (χ0) is 17.8. The lowest BCUT2D eigenvalue weighted by Gasteiger charge is -2.30. The second-order valence-corrected chi connectivity index (χ2v) is 8.55. The molecule has 136 valence electrons. The molecule has 0 bridgehead atoms. The topological polar surface area (TPSA) is 120 Å². The van der Waals surface area contributed by atoms with Gasteiger partial charge in [-0.3, -0.25) is 4.68 Å². The molecule has 25 heavy (non-hydrogen) atoms. The van der Waals surface area contributed by atoms with E-state index in [9.17, 15) is 8.42 Å². The highest BCUT2D eigenvalue weighted by Gasteiger charge is 2.58. The Hall–Kier alpha value is -1.78. The van der Waals surface area contributed by atoms with Gasteiger partial charge in [-0.2, -0.15) is 22.8 Å². The molecule has 2 aromatic heterocycles. The van der Waals surface area contributed by atoms with Crippen LogP contribution in [-0.4, -0.2) is 45.7 Å². The van der Waals surface area contributed by atoms with Crippen LogP contribution in [0.3, 0.4) is 0 Å². The Morgan fingerprint density at radius 2 is 2.12 bits per heavy atom. The number of hydrogen-bond donors (Lipinski definition) is 1. The molecule has 1 saturated carbocycles. The van der Waals surface area contributed by atoms with Gasteiger partial charge in [-0.25, -0.2) is 5.14 Å². The normalized spacial score (nSPS) is 23.2. The summed E-state index contributed by atoms with van der Waals surface area (Å²) in [6.45, 7) is 5.73. The van der Waals surface area contributed by atoms with E-state index in [-0.39, 0.29) is 11.3 Å². The van der Waals surface area contributed by atoms with Crippen molar-refractivity contribution in [3.8, 4) is 11.6 Å². The molecule has 1 atom stereocenters. The van der Waals surface area contributed by atoms with Crippen LogP contribution >= 0.6 is 0 Å². The van der Waals surface area contributed by atoms with Crippen molar-refractivity contribution >= 4 is 10.2 Å². The highest BCUT2D eigenvalue weighted by molar-refractivity contribution is 7.86. The molecular weight excluding hydrogens is 344 g/mol. The van der Waals surface area contributed by atoms with Crippen LogP contribution in [0.15, 0.2) is 10.6 Å². The minimum Gasteiger partial charge on any atom is -0.332 e. The molecule has 0 radical (unpaired) electrons. The first-order valence-electron chi connectivity index (χ1n) is 8.49. The van der Waals surface area contributed by atoms with Crippen molar-refractivity contribution in [2.45, 2.75) is 45.6 Å². The fraction of sp³-hybridized carbons (Fsp3) is 0.667. The van der Waals surface area contributed by atoms with E-state index in [1.54, 1.807) is 0 Å². The molecule has 1 spiro atoms. The third-order valence-corrected chi connectivity index (χ3v) is 6.61. The lowest BCUT2D eigenvalue weighted by molar-refractivity contribution is 0.249. The third-order valence-electron chi connectivity index (χ3n) is 5.52. The van der Waals surface area contributed by atoms with Crippen molar-refractivity contribution < 1.29 is 12.9 Å². The van der Waals surface area contributed by atoms with Crippen LogP contribution in [0, 0.1) is 12.3 Å².